The maximum absolute atomic E-state index is 12.4. The summed E-state index contributed by atoms with van der Waals surface area (Å²) in [6.07, 6.45) is -0.166. The number of carboxylic acids is 2. The topological polar surface area (TPSA) is 113 Å². The zero-order chi connectivity index (χ0) is 18.2. The molecule has 24 heavy (non-hydrogen) atoms. The molecule has 1 aromatic carbocycles. The van der Waals surface area contributed by atoms with E-state index in [2.05, 4.69) is 5.32 Å². The molecule has 2 atom stereocenters. The van der Waals surface area contributed by atoms with E-state index in [0.29, 0.717) is 5.75 Å². The van der Waals surface area contributed by atoms with E-state index in [0.717, 1.165) is 0 Å². The number of rotatable bonds is 6. The third-order valence-electron chi connectivity index (χ3n) is 4.22. The van der Waals surface area contributed by atoms with Crippen LogP contribution in [-0.2, 0) is 9.59 Å². The van der Waals surface area contributed by atoms with Crippen LogP contribution in [0.15, 0.2) is 18.2 Å². The second-order valence-corrected chi connectivity index (χ2v) is 6.79. The number of amides is 1. The highest BCUT2D eigenvalue weighted by molar-refractivity contribution is 6.01. The molecule has 2 rings (SSSR count). The largest absolute Gasteiger partial charge is 0.489 e. The van der Waals surface area contributed by atoms with Crippen molar-refractivity contribution in [1.29, 1.82) is 0 Å². The third kappa shape index (κ3) is 3.34. The van der Waals surface area contributed by atoms with Gasteiger partial charge in [0.1, 0.15) is 5.75 Å². The standard InChI is InChI=1S/C17H21NO6/c1-8(2)24-11-6-5-9(15(20)21)7-10(11)18-14(19)12-13(16(22)23)17(12,3)4/h5-8,12-13H,1-4H3,(H,18,19)(H,20,21)(H,22,23). The molecule has 1 aromatic rings. The van der Waals surface area contributed by atoms with Gasteiger partial charge in [0.15, 0.2) is 0 Å². The summed E-state index contributed by atoms with van der Waals surface area (Å²) in [5.74, 6) is -3.68. The van der Waals surface area contributed by atoms with Gasteiger partial charge in [-0.1, -0.05) is 13.8 Å². The van der Waals surface area contributed by atoms with Gasteiger partial charge in [0.2, 0.25) is 5.91 Å². The SMILES string of the molecule is CC(C)Oc1ccc(C(=O)O)cc1NC(=O)C1C(C(=O)O)C1(C)C. The molecule has 0 aromatic heterocycles. The molecule has 3 N–H and O–H groups in total. The molecule has 7 heteroatoms. The van der Waals surface area contributed by atoms with Gasteiger partial charge in [-0.15, -0.1) is 0 Å². The Kier molecular flexibility index (Phi) is 4.55. The van der Waals surface area contributed by atoms with E-state index < -0.39 is 35.1 Å². The van der Waals surface area contributed by atoms with Crippen LogP contribution in [0.2, 0.25) is 0 Å². The minimum Gasteiger partial charge on any atom is -0.489 e. The molecular weight excluding hydrogens is 314 g/mol. The number of nitrogens with one attached hydrogen (secondary N) is 1. The lowest BCUT2D eigenvalue weighted by Crippen LogP contribution is -2.19. The maximum atomic E-state index is 12.4. The Morgan fingerprint density at radius 3 is 2.25 bits per heavy atom. The van der Waals surface area contributed by atoms with Crippen LogP contribution in [0, 0.1) is 17.3 Å². The van der Waals surface area contributed by atoms with Gasteiger partial charge in [-0.05, 0) is 37.5 Å². The average Bonchev–Trinajstić information content (AvgIpc) is 3.03. The van der Waals surface area contributed by atoms with E-state index in [4.69, 9.17) is 9.84 Å². The predicted octanol–water partition coefficient (Wildman–Crippen LogP) is 2.47. The van der Waals surface area contributed by atoms with Crippen LogP contribution in [0.25, 0.3) is 0 Å². The van der Waals surface area contributed by atoms with Crippen LogP contribution < -0.4 is 10.1 Å². The Labute approximate surface area is 139 Å². The molecule has 1 fully saturated rings. The van der Waals surface area contributed by atoms with Crippen LogP contribution in [0.5, 0.6) is 5.75 Å². The molecule has 0 heterocycles. The molecule has 130 valence electrons. The summed E-state index contributed by atoms with van der Waals surface area (Å²) in [5.41, 5.74) is -0.411. The van der Waals surface area contributed by atoms with Crippen molar-refractivity contribution in [3.05, 3.63) is 23.8 Å². The van der Waals surface area contributed by atoms with Crippen molar-refractivity contribution in [2.24, 2.45) is 17.3 Å². The number of carboxylic acid groups (broad SMARTS) is 2. The highest BCUT2D eigenvalue weighted by atomic mass is 16.5. The van der Waals surface area contributed by atoms with Crippen LogP contribution in [-0.4, -0.2) is 34.2 Å². The quantitative estimate of drug-likeness (QED) is 0.736. The lowest BCUT2D eigenvalue weighted by atomic mass is 10.1. The average molecular weight is 335 g/mol. The number of hydrogen-bond acceptors (Lipinski definition) is 4. The summed E-state index contributed by atoms with van der Waals surface area (Å²) in [7, 11) is 0. The summed E-state index contributed by atoms with van der Waals surface area (Å²) in [5, 5.41) is 20.9. The van der Waals surface area contributed by atoms with Gasteiger partial charge >= 0.3 is 11.9 Å². The highest BCUT2D eigenvalue weighted by Crippen LogP contribution is 2.58. The number of aliphatic carboxylic acids is 1. The molecule has 0 saturated heterocycles. The minimum absolute atomic E-state index is 0.00579. The third-order valence-corrected chi connectivity index (χ3v) is 4.22. The van der Waals surface area contributed by atoms with Crippen molar-refractivity contribution in [3.63, 3.8) is 0 Å². The first-order chi connectivity index (χ1) is 11.1. The van der Waals surface area contributed by atoms with Crippen LogP contribution >= 0.6 is 0 Å². The molecule has 0 spiro atoms. The number of carbonyl (C=O) groups is 3. The van der Waals surface area contributed by atoms with Crippen molar-refractivity contribution in [3.8, 4) is 5.75 Å². The molecule has 1 amide bonds. The van der Waals surface area contributed by atoms with Crippen LogP contribution in [0.4, 0.5) is 5.69 Å². The Hall–Kier alpha value is -2.57. The molecular formula is C17H21NO6. The normalized spacial score (nSPS) is 21.2. The molecule has 2 unspecified atom stereocenters. The predicted molar refractivity (Wildman–Crippen MR) is 86.2 cm³/mol. The van der Waals surface area contributed by atoms with Gasteiger partial charge < -0.3 is 20.3 Å². The second-order valence-electron chi connectivity index (χ2n) is 6.79. The fraction of sp³-hybridized carbons (Fsp3) is 0.471. The maximum Gasteiger partial charge on any atom is 0.335 e. The smallest absolute Gasteiger partial charge is 0.335 e. The summed E-state index contributed by atoms with van der Waals surface area (Å²) in [6.45, 7) is 7.05. The lowest BCUT2D eigenvalue weighted by Gasteiger charge is -2.16. The summed E-state index contributed by atoms with van der Waals surface area (Å²) in [4.78, 5) is 34.8. The van der Waals surface area contributed by atoms with Crippen molar-refractivity contribution in [1.82, 2.24) is 0 Å². The lowest BCUT2D eigenvalue weighted by molar-refractivity contribution is -0.140. The second kappa shape index (κ2) is 6.14. The zero-order valence-electron chi connectivity index (χ0n) is 14.0. The van der Waals surface area contributed by atoms with Gasteiger partial charge in [-0.25, -0.2) is 4.79 Å². The first kappa shape index (κ1) is 17.8. The molecule has 0 bridgehead atoms. The Morgan fingerprint density at radius 1 is 1.17 bits per heavy atom. The number of carbonyl (C=O) groups excluding carboxylic acids is 1. The van der Waals surface area contributed by atoms with Crippen LogP contribution in [0.3, 0.4) is 0 Å². The van der Waals surface area contributed by atoms with Gasteiger partial charge in [-0.3, -0.25) is 9.59 Å². The van der Waals surface area contributed by atoms with Gasteiger partial charge in [0.25, 0.3) is 0 Å². The molecule has 7 nitrogen and oxygen atoms in total. The van der Waals surface area contributed by atoms with Crippen LogP contribution in [0.1, 0.15) is 38.1 Å². The van der Waals surface area contributed by atoms with E-state index in [9.17, 15) is 19.5 Å². The van der Waals surface area contributed by atoms with E-state index in [1.165, 1.54) is 18.2 Å². The van der Waals surface area contributed by atoms with Gasteiger partial charge in [0, 0.05) is 0 Å². The van der Waals surface area contributed by atoms with Crippen molar-refractivity contribution in [2.75, 3.05) is 5.32 Å². The Bertz CT molecular complexity index is 694. The van der Waals surface area contributed by atoms with E-state index in [-0.39, 0.29) is 17.4 Å². The number of benzene rings is 1. The monoisotopic (exact) mass is 335 g/mol. The van der Waals surface area contributed by atoms with Gasteiger partial charge in [0.05, 0.1) is 29.2 Å². The Morgan fingerprint density at radius 2 is 1.79 bits per heavy atom. The fourth-order valence-corrected chi connectivity index (χ4v) is 2.92. The van der Waals surface area contributed by atoms with E-state index in [1.807, 2.05) is 0 Å². The van der Waals surface area contributed by atoms with Gasteiger partial charge in [-0.2, -0.15) is 0 Å². The van der Waals surface area contributed by atoms with E-state index >= 15 is 0 Å². The molecule has 1 saturated carbocycles. The number of ether oxygens (including phenoxy) is 1. The van der Waals surface area contributed by atoms with Crippen molar-refractivity contribution >= 4 is 23.5 Å². The zero-order valence-corrected chi connectivity index (χ0v) is 14.0. The number of aromatic carboxylic acids is 1. The van der Waals surface area contributed by atoms with Crippen molar-refractivity contribution < 1.29 is 29.3 Å². The molecule has 1 aliphatic rings. The molecule has 1 aliphatic carbocycles. The Balaban J connectivity index is 2.27. The summed E-state index contributed by atoms with van der Waals surface area (Å²) in [6, 6.07) is 4.17. The van der Waals surface area contributed by atoms with Crippen molar-refractivity contribution in [2.45, 2.75) is 33.8 Å². The summed E-state index contributed by atoms with van der Waals surface area (Å²) >= 11 is 0. The van der Waals surface area contributed by atoms with E-state index in [1.54, 1.807) is 27.7 Å². The minimum atomic E-state index is -1.13. The first-order valence-corrected chi connectivity index (χ1v) is 7.63. The number of hydrogen-bond donors (Lipinski definition) is 3. The number of anilines is 1. The molecule has 0 radical (unpaired) electrons. The molecule has 0 aliphatic heterocycles. The first-order valence-electron chi connectivity index (χ1n) is 7.63. The fourth-order valence-electron chi connectivity index (χ4n) is 2.92. The highest BCUT2D eigenvalue weighted by Gasteiger charge is 2.65. The summed E-state index contributed by atoms with van der Waals surface area (Å²) < 4.78 is 5.58.